The lowest BCUT2D eigenvalue weighted by Gasteiger charge is -2.15. The molecule has 10 heteroatoms. The zero-order chi connectivity index (χ0) is 25.4. The first-order valence-corrected chi connectivity index (χ1v) is 11.5. The van der Waals surface area contributed by atoms with Crippen molar-refractivity contribution in [3.05, 3.63) is 47.9 Å². The van der Waals surface area contributed by atoms with Crippen LogP contribution in [0.25, 0.3) is 16.9 Å². The largest absolute Gasteiger partial charge is 0.493 e. The highest BCUT2D eigenvalue weighted by atomic mass is 16.5. The number of hydrogen-bond acceptors (Lipinski definition) is 8. The van der Waals surface area contributed by atoms with E-state index in [-0.39, 0.29) is 11.8 Å². The lowest BCUT2D eigenvalue weighted by atomic mass is 10.2. The summed E-state index contributed by atoms with van der Waals surface area (Å²) in [5.41, 5.74) is 2.89. The molecular weight excluding hydrogens is 462 g/mol. The summed E-state index contributed by atoms with van der Waals surface area (Å²) in [6.45, 7) is 3.75. The van der Waals surface area contributed by atoms with E-state index in [0.717, 1.165) is 29.8 Å². The van der Waals surface area contributed by atoms with Crippen LogP contribution in [-0.2, 0) is 4.79 Å². The lowest BCUT2D eigenvalue weighted by molar-refractivity contribution is -0.117. The molecule has 186 valence electrons. The van der Waals surface area contributed by atoms with Crippen molar-refractivity contribution in [1.82, 2.24) is 19.6 Å². The maximum atomic E-state index is 12.1. The number of fused-ring (bicyclic) bond motifs is 1. The summed E-state index contributed by atoms with van der Waals surface area (Å²) in [7, 11) is 4.63. The number of carbonyl (C=O) groups excluding carboxylic acids is 1. The standard InChI is InChI=1S/C26H27N5O5/c1-14-22-26(36-19-12-20(33-3)23(35-5)21(13-19)34-4)29-24(30-31(22)15(2)27-14)16-8-10-18(11-9-16)28-25(32)17-6-7-17/h8-13,17H,6-7H2,1-5H3,(H,28,32). The maximum Gasteiger partial charge on any atom is 0.249 e. The van der Waals surface area contributed by atoms with Crippen molar-refractivity contribution < 1.29 is 23.7 Å². The molecule has 0 aliphatic heterocycles. The van der Waals surface area contributed by atoms with Gasteiger partial charge >= 0.3 is 0 Å². The minimum Gasteiger partial charge on any atom is -0.493 e. The number of aryl methyl sites for hydroxylation is 2. The van der Waals surface area contributed by atoms with Gasteiger partial charge in [0.15, 0.2) is 22.8 Å². The fourth-order valence-electron chi connectivity index (χ4n) is 4.01. The Hall–Kier alpha value is -4.34. The second-order valence-corrected chi connectivity index (χ2v) is 8.55. The summed E-state index contributed by atoms with van der Waals surface area (Å²) in [6, 6.07) is 10.8. The van der Waals surface area contributed by atoms with Crippen molar-refractivity contribution in [1.29, 1.82) is 0 Å². The van der Waals surface area contributed by atoms with Crippen LogP contribution in [0, 0.1) is 19.8 Å². The van der Waals surface area contributed by atoms with Crippen LogP contribution >= 0.6 is 0 Å². The third-order valence-corrected chi connectivity index (χ3v) is 6.01. The first-order chi connectivity index (χ1) is 17.4. The predicted molar refractivity (Wildman–Crippen MR) is 133 cm³/mol. The van der Waals surface area contributed by atoms with Crippen molar-refractivity contribution in [2.75, 3.05) is 26.6 Å². The first-order valence-electron chi connectivity index (χ1n) is 11.5. The van der Waals surface area contributed by atoms with Gasteiger partial charge in [-0.05, 0) is 51.0 Å². The van der Waals surface area contributed by atoms with E-state index in [4.69, 9.17) is 29.0 Å². The lowest BCUT2D eigenvalue weighted by Crippen LogP contribution is -2.13. The van der Waals surface area contributed by atoms with Crippen molar-refractivity contribution >= 4 is 17.1 Å². The average molecular weight is 490 g/mol. The second kappa shape index (κ2) is 9.37. The highest BCUT2D eigenvalue weighted by Gasteiger charge is 2.29. The van der Waals surface area contributed by atoms with Crippen LogP contribution in [0.1, 0.15) is 24.4 Å². The molecule has 0 unspecified atom stereocenters. The van der Waals surface area contributed by atoms with Gasteiger partial charge in [0.1, 0.15) is 11.6 Å². The van der Waals surface area contributed by atoms with Gasteiger partial charge in [-0.2, -0.15) is 4.98 Å². The van der Waals surface area contributed by atoms with Crippen molar-refractivity contribution in [2.45, 2.75) is 26.7 Å². The Labute approximate surface area is 208 Å². The summed E-state index contributed by atoms with van der Waals surface area (Å²) in [4.78, 5) is 21.4. The van der Waals surface area contributed by atoms with Crippen LogP contribution in [0.3, 0.4) is 0 Å². The van der Waals surface area contributed by atoms with Crippen molar-refractivity contribution in [2.24, 2.45) is 5.92 Å². The number of methoxy groups -OCH3 is 3. The molecule has 1 amide bonds. The van der Waals surface area contributed by atoms with Crippen LogP contribution in [0.15, 0.2) is 36.4 Å². The molecule has 36 heavy (non-hydrogen) atoms. The summed E-state index contributed by atoms with van der Waals surface area (Å²) in [5.74, 6) is 3.52. The van der Waals surface area contributed by atoms with Crippen LogP contribution < -0.4 is 24.3 Å². The van der Waals surface area contributed by atoms with Gasteiger partial charge in [0, 0.05) is 29.3 Å². The molecule has 0 radical (unpaired) electrons. The molecule has 1 aliphatic rings. The third-order valence-electron chi connectivity index (χ3n) is 6.01. The molecule has 4 aromatic rings. The molecule has 0 atom stereocenters. The monoisotopic (exact) mass is 489 g/mol. The van der Waals surface area contributed by atoms with Crippen LogP contribution in [0.5, 0.6) is 28.9 Å². The number of rotatable bonds is 8. The fourth-order valence-corrected chi connectivity index (χ4v) is 4.01. The number of benzene rings is 2. The Balaban J connectivity index is 1.54. The Bertz CT molecular complexity index is 1420. The molecular formula is C26H27N5O5. The number of carbonyl (C=O) groups is 1. The number of imidazole rings is 1. The van der Waals surface area contributed by atoms with E-state index in [1.165, 1.54) is 0 Å². The normalized spacial score (nSPS) is 12.9. The Morgan fingerprint density at radius 1 is 0.972 bits per heavy atom. The Kier molecular flexibility index (Phi) is 6.09. The number of aromatic nitrogens is 4. The first kappa shape index (κ1) is 23.4. The van der Waals surface area contributed by atoms with Crippen molar-refractivity contribution in [3.63, 3.8) is 0 Å². The maximum absolute atomic E-state index is 12.1. The summed E-state index contributed by atoms with van der Waals surface area (Å²) >= 11 is 0. The molecule has 0 bridgehead atoms. The highest BCUT2D eigenvalue weighted by molar-refractivity contribution is 5.94. The molecule has 2 heterocycles. The molecule has 1 saturated carbocycles. The van der Waals surface area contributed by atoms with E-state index in [9.17, 15) is 4.79 Å². The third kappa shape index (κ3) is 4.37. The number of amides is 1. The van der Waals surface area contributed by atoms with Crippen molar-refractivity contribution in [3.8, 4) is 40.3 Å². The second-order valence-electron chi connectivity index (χ2n) is 8.55. The predicted octanol–water partition coefficient (Wildman–Crippen LogP) is 4.57. The van der Waals surface area contributed by atoms with E-state index in [1.807, 2.05) is 38.1 Å². The quantitative estimate of drug-likeness (QED) is 0.383. The van der Waals surface area contributed by atoms with E-state index < -0.39 is 0 Å². The molecule has 0 saturated heterocycles. The fraction of sp³-hybridized carbons (Fsp3) is 0.308. The number of hydrogen-bond donors (Lipinski definition) is 1. The molecule has 1 aliphatic carbocycles. The van der Waals surface area contributed by atoms with Crippen LogP contribution in [-0.4, -0.2) is 46.8 Å². The molecule has 1 N–H and O–H groups in total. The molecule has 1 fully saturated rings. The highest BCUT2D eigenvalue weighted by Crippen LogP contribution is 2.42. The van der Waals surface area contributed by atoms with Gasteiger partial charge in [-0.25, -0.2) is 9.50 Å². The summed E-state index contributed by atoms with van der Waals surface area (Å²) < 4.78 is 24.3. The Morgan fingerprint density at radius 2 is 1.64 bits per heavy atom. The number of nitrogens with one attached hydrogen (secondary N) is 1. The van der Waals surface area contributed by atoms with Gasteiger partial charge in [-0.1, -0.05) is 0 Å². The van der Waals surface area contributed by atoms with Gasteiger partial charge in [0.05, 0.1) is 27.0 Å². The zero-order valence-electron chi connectivity index (χ0n) is 20.8. The van der Waals surface area contributed by atoms with Gasteiger partial charge in [0.25, 0.3) is 0 Å². The van der Waals surface area contributed by atoms with E-state index in [1.54, 1.807) is 38.0 Å². The molecule has 5 rings (SSSR count). The SMILES string of the molecule is COc1cc(Oc2nc(-c3ccc(NC(=O)C4CC4)cc3)nn3c(C)nc(C)c23)cc(OC)c1OC. The van der Waals surface area contributed by atoms with Gasteiger partial charge in [-0.15, -0.1) is 5.10 Å². The van der Waals surface area contributed by atoms with Crippen LogP contribution in [0.2, 0.25) is 0 Å². The molecule has 2 aromatic carbocycles. The minimum absolute atomic E-state index is 0.0611. The van der Waals surface area contributed by atoms with E-state index >= 15 is 0 Å². The number of nitrogens with zero attached hydrogens (tertiary/aromatic N) is 4. The molecule has 2 aromatic heterocycles. The van der Waals surface area contributed by atoms with Crippen LogP contribution in [0.4, 0.5) is 5.69 Å². The van der Waals surface area contributed by atoms with E-state index in [2.05, 4.69) is 10.3 Å². The Morgan fingerprint density at radius 3 is 2.22 bits per heavy atom. The zero-order valence-corrected chi connectivity index (χ0v) is 20.8. The topological polar surface area (TPSA) is 109 Å². The van der Waals surface area contributed by atoms with E-state index in [0.29, 0.717) is 46.0 Å². The smallest absolute Gasteiger partial charge is 0.249 e. The number of anilines is 1. The van der Waals surface area contributed by atoms with Gasteiger partial charge in [0.2, 0.25) is 17.5 Å². The van der Waals surface area contributed by atoms with Gasteiger partial charge in [-0.3, -0.25) is 4.79 Å². The molecule has 0 spiro atoms. The summed E-state index contributed by atoms with van der Waals surface area (Å²) in [6.07, 6.45) is 1.91. The van der Waals surface area contributed by atoms with Gasteiger partial charge < -0.3 is 24.3 Å². The number of ether oxygens (including phenoxy) is 4. The minimum atomic E-state index is 0.0611. The molecule has 10 nitrogen and oxygen atoms in total. The summed E-state index contributed by atoms with van der Waals surface area (Å²) in [5, 5.41) is 7.64. The average Bonchev–Trinajstić information content (AvgIpc) is 3.69.